The summed E-state index contributed by atoms with van der Waals surface area (Å²) in [7, 11) is 0. The maximum atomic E-state index is 14.4. The van der Waals surface area contributed by atoms with Crippen LogP contribution in [-0.4, -0.2) is 35.3 Å². The second-order valence-corrected chi connectivity index (χ2v) is 6.35. The lowest BCUT2D eigenvalue weighted by molar-refractivity contribution is 0.00878. The summed E-state index contributed by atoms with van der Waals surface area (Å²) in [5, 5.41) is 11.5. The van der Waals surface area contributed by atoms with Crippen molar-refractivity contribution in [2.75, 3.05) is 24.7 Å². The Balaban J connectivity index is 2.10. The van der Waals surface area contributed by atoms with E-state index in [1.807, 2.05) is 0 Å². The van der Waals surface area contributed by atoms with Gasteiger partial charge in [-0.1, -0.05) is 11.8 Å². The highest BCUT2D eigenvalue weighted by Gasteiger charge is 2.47. The minimum atomic E-state index is -1.18. The minimum Gasteiger partial charge on any atom is -0.465 e. The van der Waals surface area contributed by atoms with Gasteiger partial charge in [-0.2, -0.15) is 0 Å². The fourth-order valence-electron chi connectivity index (χ4n) is 2.97. The smallest absolute Gasteiger partial charge is 0.410 e. The van der Waals surface area contributed by atoms with Crippen LogP contribution in [0.4, 0.5) is 14.9 Å². The number of amides is 1. The van der Waals surface area contributed by atoms with E-state index in [1.165, 1.54) is 23.9 Å². The molecule has 1 amide bonds. The Morgan fingerprint density at radius 3 is 3.18 bits per heavy atom. The Morgan fingerprint density at radius 1 is 1.59 bits per heavy atom. The van der Waals surface area contributed by atoms with Crippen molar-refractivity contribution in [3.05, 3.63) is 29.6 Å². The maximum Gasteiger partial charge on any atom is 0.410 e. The van der Waals surface area contributed by atoms with Gasteiger partial charge in [0.25, 0.3) is 0 Å². The van der Waals surface area contributed by atoms with E-state index < -0.39 is 11.6 Å². The molecule has 1 fully saturated rings. The van der Waals surface area contributed by atoms with E-state index in [2.05, 4.69) is 10.3 Å². The van der Waals surface area contributed by atoms with Crippen LogP contribution >= 0.6 is 11.8 Å². The molecule has 6 nitrogen and oxygen atoms in total. The third-order valence-electron chi connectivity index (χ3n) is 4.01. The predicted octanol–water partition coefficient (Wildman–Crippen LogP) is 2.01. The predicted molar refractivity (Wildman–Crippen MR) is 82.5 cm³/mol. The van der Waals surface area contributed by atoms with E-state index >= 15 is 0 Å². The Labute approximate surface area is 130 Å². The lowest BCUT2D eigenvalue weighted by atomic mass is 9.75. The van der Waals surface area contributed by atoms with Crippen molar-refractivity contribution in [2.24, 2.45) is 10.9 Å². The van der Waals surface area contributed by atoms with Crippen molar-refractivity contribution in [3.63, 3.8) is 0 Å². The lowest BCUT2D eigenvalue weighted by Crippen LogP contribution is -2.48. The number of ether oxygens (including phenoxy) is 1. The Hall–Kier alpha value is -1.80. The van der Waals surface area contributed by atoms with E-state index in [-0.39, 0.29) is 16.9 Å². The van der Waals surface area contributed by atoms with Gasteiger partial charge >= 0.3 is 6.09 Å². The van der Waals surface area contributed by atoms with Crippen LogP contribution in [0, 0.1) is 11.7 Å². The fraction of sp³-hybridized carbons (Fsp3) is 0.429. The molecule has 22 heavy (non-hydrogen) atoms. The van der Waals surface area contributed by atoms with Gasteiger partial charge in [0, 0.05) is 35.9 Å². The molecule has 0 aliphatic carbocycles. The molecule has 1 aromatic carbocycles. The standard InChI is InChI=1S/C14H16FN3O3S/c15-11-2-1-9(16)5-10(11)14-3-4-21-6-8(14)7-22-12(18-14)17-13(19)20/h1-2,5,8H,3-4,6-7,16H2,(H,17,18)(H,19,20)/t8-,14-/m0/s1. The van der Waals surface area contributed by atoms with Crippen LogP contribution < -0.4 is 11.1 Å². The van der Waals surface area contributed by atoms with Gasteiger partial charge in [0.05, 0.1) is 12.1 Å². The van der Waals surface area contributed by atoms with Crippen molar-refractivity contribution in [1.82, 2.24) is 5.32 Å². The second kappa shape index (κ2) is 5.77. The van der Waals surface area contributed by atoms with Gasteiger partial charge in [0.2, 0.25) is 0 Å². The lowest BCUT2D eigenvalue weighted by Gasteiger charge is -2.44. The number of amidine groups is 1. The SMILES string of the molecule is Nc1ccc(F)c([C@]23CCOC[C@H]2CSC(NC(=O)O)=N3)c1. The van der Waals surface area contributed by atoms with Crippen molar-refractivity contribution in [1.29, 1.82) is 0 Å². The van der Waals surface area contributed by atoms with Crippen molar-refractivity contribution >= 4 is 28.7 Å². The van der Waals surface area contributed by atoms with Crippen LogP contribution in [0.5, 0.6) is 0 Å². The van der Waals surface area contributed by atoms with E-state index in [0.29, 0.717) is 36.6 Å². The van der Waals surface area contributed by atoms with Crippen molar-refractivity contribution < 1.29 is 19.0 Å². The number of thioether (sulfide) groups is 1. The van der Waals surface area contributed by atoms with Gasteiger partial charge in [0.1, 0.15) is 5.82 Å². The topological polar surface area (TPSA) is 96.9 Å². The maximum absolute atomic E-state index is 14.4. The Bertz CT molecular complexity index is 640. The average molecular weight is 325 g/mol. The number of benzene rings is 1. The normalized spacial score (nSPS) is 27.7. The quantitative estimate of drug-likeness (QED) is 0.686. The molecule has 1 aromatic rings. The zero-order valence-corrected chi connectivity index (χ0v) is 12.5. The van der Waals surface area contributed by atoms with Gasteiger partial charge in [-0.05, 0) is 18.2 Å². The molecule has 118 valence electrons. The largest absolute Gasteiger partial charge is 0.465 e. The molecule has 0 bridgehead atoms. The molecule has 1 saturated heterocycles. The molecule has 0 saturated carbocycles. The first-order chi connectivity index (χ1) is 10.5. The molecule has 0 aromatic heterocycles. The number of nitrogens with two attached hydrogens (primary N) is 1. The number of halogens is 1. The summed E-state index contributed by atoms with van der Waals surface area (Å²) < 4.78 is 19.9. The second-order valence-electron chi connectivity index (χ2n) is 5.34. The van der Waals surface area contributed by atoms with Crippen LogP contribution in [0.25, 0.3) is 0 Å². The molecular formula is C14H16FN3O3S. The zero-order chi connectivity index (χ0) is 15.7. The van der Waals surface area contributed by atoms with Crippen LogP contribution in [0.3, 0.4) is 0 Å². The first-order valence-corrected chi connectivity index (χ1v) is 7.86. The number of aliphatic imine (C=N–C) groups is 1. The number of carbonyl (C=O) groups is 1. The number of fused-ring (bicyclic) bond motifs is 1. The molecule has 2 aliphatic heterocycles. The molecule has 2 heterocycles. The highest BCUT2D eigenvalue weighted by atomic mass is 32.2. The molecule has 8 heteroatoms. The van der Waals surface area contributed by atoms with Crippen LogP contribution in [-0.2, 0) is 10.3 Å². The molecule has 4 N–H and O–H groups in total. The summed E-state index contributed by atoms with van der Waals surface area (Å²) in [5.74, 6) is 0.196. The molecule has 2 aliphatic rings. The number of hydrogen-bond donors (Lipinski definition) is 3. The first-order valence-electron chi connectivity index (χ1n) is 6.87. The molecule has 0 unspecified atom stereocenters. The molecule has 2 atom stereocenters. The van der Waals surface area contributed by atoms with E-state index in [0.717, 1.165) is 0 Å². The molecule has 0 radical (unpaired) electrons. The van der Waals surface area contributed by atoms with Gasteiger partial charge < -0.3 is 15.6 Å². The van der Waals surface area contributed by atoms with E-state index in [9.17, 15) is 9.18 Å². The van der Waals surface area contributed by atoms with Crippen LogP contribution in [0.2, 0.25) is 0 Å². The number of nitrogens with one attached hydrogen (secondary N) is 1. The Kier molecular flexibility index (Phi) is 3.96. The number of anilines is 1. The summed E-state index contributed by atoms with van der Waals surface area (Å²) in [6, 6.07) is 4.42. The first kappa shape index (κ1) is 15.1. The third-order valence-corrected chi connectivity index (χ3v) is 5.05. The summed E-state index contributed by atoms with van der Waals surface area (Å²) >= 11 is 1.30. The number of rotatable bonds is 1. The fourth-order valence-corrected chi connectivity index (χ4v) is 4.08. The zero-order valence-electron chi connectivity index (χ0n) is 11.7. The Morgan fingerprint density at radius 2 is 2.41 bits per heavy atom. The third kappa shape index (κ3) is 2.64. The summed E-state index contributed by atoms with van der Waals surface area (Å²) in [6.45, 7) is 0.907. The monoisotopic (exact) mass is 325 g/mol. The van der Waals surface area contributed by atoms with Crippen LogP contribution in [0.1, 0.15) is 12.0 Å². The van der Waals surface area contributed by atoms with Gasteiger partial charge in [0.15, 0.2) is 5.17 Å². The highest BCUT2D eigenvalue weighted by molar-refractivity contribution is 8.13. The van der Waals surface area contributed by atoms with Crippen molar-refractivity contribution in [3.8, 4) is 0 Å². The van der Waals surface area contributed by atoms with E-state index in [1.54, 1.807) is 6.07 Å². The van der Waals surface area contributed by atoms with Crippen molar-refractivity contribution in [2.45, 2.75) is 12.0 Å². The summed E-state index contributed by atoms with van der Waals surface area (Å²) in [6.07, 6.45) is -0.691. The molecule has 3 rings (SSSR count). The average Bonchev–Trinajstić information content (AvgIpc) is 2.48. The number of carboxylic acid groups (broad SMARTS) is 1. The number of nitrogens with zero attached hydrogens (tertiary/aromatic N) is 1. The van der Waals surface area contributed by atoms with Gasteiger partial charge in [-0.3, -0.25) is 10.3 Å². The summed E-state index contributed by atoms with van der Waals surface area (Å²) in [5.41, 5.74) is 5.84. The minimum absolute atomic E-state index is 0.0260. The van der Waals surface area contributed by atoms with Crippen LogP contribution in [0.15, 0.2) is 23.2 Å². The number of hydrogen-bond acceptors (Lipinski definition) is 5. The van der Waals surface area contributed by atoms with Gasteiger partial charge in [-0.15, -0.1) is 0 Å². The van der Waals surface area contributed by atoms with Gasteiger partial charge in [-0.25, -0.2) is 9.18 Å². The highest BCUT2D eigenvalue weighted by Crippen LogP contribution is 2.46. The number of nitrogen functional groups attached to an aromatic ring is 1. The molecular weight excluding hydrogens is 309 g/mol. The summed E-state index contributed by atoms with van der Waals surface area (Å²) in [4.78, 5) is 15.4. The van der Waals surface area contributed by atoms with E-state index in [4.69, 9.17) is 15.6 Å². The molecule has 0 spiro atoms.